The van der Waals surface area contributed by atoms with Crippen molar-refractivity contribution in [3.63, 3.8) is 0 Å². The van der Waals surface area contributed by atoms with Crippen LogP contribution in [0.25, 0.3) is 0 Å². The summed E-state index contributed by atoms with van der Waals surface area (Å²) < 4.78 is 0.980. The lowest BCUT2D eigenvalue weighted by molar-refractivity contribution is -0.128. The quantitative estimate of drug-likeness (QED) is 0.930. The lowest BCUT2D eigenvalue weighted by Gasteiger charge is -2.15. The van der Waals surface area contributed by atoms with Crippen molar-refractivity contribution in [2.24, 2.45) is 0 Å². The van der Waals surface area contributed by atoms with Crippen LogP contribution in [0.4, 0.5) is 5.82 Å². The molecule has 0 atom stereocenters. The van der Waals surface area contributed by atoms with Crippen LogP contribution in [-0.2, 0) is 4.79 Å². The van der Waals surface area contributed by atoms with E-state index >= 15 is 0 Å². The number of aryl methyl sites for hydroxylation is 1. The number of pyridine rings is 1. The summed E-state index contributed by atoms with van der Waals surface area (Å²) in [6, 6.07) is 3.80. The van der Waals surface area contributed by atoms with E-state index in [1.165, 1.54) is 0 Å². The van der Waals surface area contributed by atoms with Crippen molar-refractivity contribution in [3.05, 3.63) is 22.3 Å². The molecule has 1 fully saturated rings. The third-order valence-electron chi connectivity index (χ3n) is 2.90. The lowest BCUT2D eigenvalue weighted by atomic mass is 10.3. The van der Waals surface area contributed by atoms with E-state index in [1.807, 2.05) is 24.0 Å². The van der Waals surface area contributed by atoms with Crippen molar-refractivity contribution in [3.8, 4) is 0 Å². The number of amides is 1. The Morgan fingerprint density at radius 2 is 2.18 bits per heavy atom. The van der Waals surface area contributed by atoms with Gasteiger partial charge in [-0.2, -0.15) is 0 Å². The highest BCUT2D eigenvalue weighted by molar-refractivity contribution is 9.10. The first-order valence-electron chi connectivity index (χ1n) is 5.81. The van der Waals surface area contributed by atoms with Gasteiger partial charge < -0.3 is 10.2 Å². The predicted octanol–water partition coefficient (Wildman–Crippen LogP) is 2.19. The van der Waals surface area contributed by atoms with Crippen molar-refractivity contribution in [2.75, 3.05) is 25.0 Å². The van der Waals surface area contributed by atoms with Gasteiger partial charge in [0.25, 0.3) is 0 Å². The number of hydrogen-bond acceptors (Lipinski definition) is 3. The van der Waals surface area contributed by atoms with Gasteiger partial charge >= 0.3 is 0 Å². The Morgan fingerprint density at radius 1 is 1.47 bits per heavy atom. The Hall–Kier alpha value is -1.10. The summed E-state index contributed by atoms with van der Waals surface area (Å²) in [6.07, 6.45) is 2.25. The number of anilines is 1. The molecule has 0 saturated carbocycles. The fourth-order valence-corrected chi connectivity index (χ4v) is 2.11. The summed E-state index contributed by atoms with van der Waals surface area (Å²) in [5, 5.41) is 3.07. The minimum atomic E-state index is 0.157. The van der Waals surface area contributed by atoms with E-state index in [2.05, 4.69) is 26.2 Å². The zero-order valence-electron chi connectivity index (χ0n) is 9.87. The summed E-state index contributed by atoms with van der Waals surface area (Å²) in [4.78, 5) is 18.0. The summed E-state index contributed by atoms with van der Waals surface area (Å²) in [7, 11) is 0. The number of halogens is 1. The van der Waals surface area contributed by atoms with Crippen molar-refractivity contribution < 1.29 is 4.79 Å². The molecule has 0 aromatic carbocycles. The normalized spacial score (nSPS) is 15.1. The molecule has 2 heterocycles. The first-order chi connectivity index (χ1) is 8.16. The van der Waals surface area contributed by atoms with Gasteiger partial charge in [-0.1, -0.05) is 0 Å². The Balaban J connectivity index is 1.88. The largest absolute Gasteiger partial charge is 0.361 e. The third-order valence-corrected chi connectivity index (χ3v) is 3.74. The Kier molecular flexibility index (Phi) is 3.99. The smallest absolute Gasteiger partial charge is 0.241 e. The number of nitrogens with one attached hydrogen (secondary N) is 1. The fraction of sp³-hybridized carbons (Fsp3) is 0.500. The van der Waals surface area contributed by atoms with Gasteiger partial charge in [-0.15, -0.1) is 0 Å². The van der Waals surface area contributed by atoms with Crippen molar-refractivity contribution in [1.82, 2.24) is 9.88 Å². The highest BCUT2D eigenvalue weighted by Crippen LogP contribution is 2.16. The number of carbonyl (C=O) groups excluding carboxylic acids is 1. The second kappa shape index (κ2) is 5.49. The standard InChI is InChI=1S/C12H16BrN3O/c1-9-10(13)4-5-11(15-9)14-8-12(17)16-6-2-3-7-16/h4-5H,2-3,6-8H2,1H3,(H,14,15). The zero-order valence-corrected chi connectivity index (χ0v) is 11.5. The molecule has 1 N–H and O–H groups in total. The van der Waals surface area contributed by atoms with Crippen LogP contribution < -0.4 is 5.32 Å². The maximum absolute atomic E-state index is 11.8. The van der Waals surface area contributed by atoms with Gasteiger partial charge in [0.2, 0.25) is 5.91 Å². The Labute approximate surface area is 110 Å². The second-order valence-corrected chi connectivity index (χ2v) is 5.06. The van der Waals surface area contributed by atoms with Crippen LogP contribution in [0.5, 0.6) is 0 Å². The van der Waals surface area contributed by atoms with Crippen LogP contribution in [0.3, 0.4) is 0 Å². The number of likely N-dealkylation sites (tertiary alicyclic amines) is 1. The monoisotopic (exact) mass is 297 g/mol. The van der Waals surface area contributed by atoms with Crippen LogP contribution in [0.15, 0.2) is 16.6 Å². The number of rotatable bonds is 3. The predicted molar refractivity (Wildman–Crippen MR) is 71.0 cm³/mol. The summed E-state index contributed by atoms with van der Waals surface area (Å²) in [5.41, 5.74) is 0.920. The molecule has 4 nitrogen and oxygen atoms in total. The average molecular weight is 298 g/mol. The molecule has 1 aliphatic heterocycles. The number of hydrogen-bond donors (Lipinski definition) is 1. The molecular weight excluding hydrogens is 282 g/mol. The first-order valence-corrected chi connectivity index (χ1v) is 6.61. The van der Waals surface area contributed by atoms with Crippen molar-refractivity contribution in [2.45, 2.75) is 19.8 Å². The molecule has 1 aromatic rings. The van der Waals surface area contributed by atoms with E-state index in [4.69, 9.17) is 0 Å². The summed E-state index contributed by atoms with van der Waals surface area (Å²) >= 11 is 3.40. The van der Waals surface area contributed by atoms with Crippen LogP contribution in [0.1, 0.15) is 18.5 Å². The maximum atomic E-state index is 11.8. The average Bonchev–Trinajstić information content (AvgIpc) is 2.84. The van der Waals surface area contributed by atoms with E-state index in [0.29, 0.717) is 6.54 Å². The molecule has 2 rings (SSSR count). The minimum absolute atomic E-state index is 0.157. The van der Waals surface area contributed by atoms with Gasteiger partial charge in [0, 0.05) is 17.6 Å². The van der Waals surface area contributed by atoms with Gasteiger partial charge in [-0.25, -0.2) is 4.98 Å². The van der Waals surface area contributed by atoms with E-state index in [-0.39, 0.29) is 5.91 Å². The van der Waals surface area contributed by atoms with Gasteiger partial charge in [0.1, 0.15) is 5.82 Å². The van der Waals surface area contributed by atoms with Gasteiger partial charge in [-0.3, -0.25) is 4.79 Å². The molecule has 0 spiro atoms. The lowest BCUT2D eigenvalue weighted by Crippen LogP contribution is -2.33. The molecule has 1 amide bonds. The summed E-state index contributed by atoms with van der Waals surface area (Å²) in [5.74, 6) is 0.906. The molecular formula is C12H16BrN3O. The van der Waals surface area contributed by atoms with Crippen molar-refractivity contribution in [1.29, 1.82) is 0 Å². The molecule has 1 saturated heterocycles. The highest BCUT2D eigenvalue weighted by atomic mass is 79.9. The highest BCUT2D eigenvalue weighted by Gasteiger charge is 2.17. The molecule has 1 aromatic heterocycles. The van der Waals surface area contributed by atoms with Gasteiger partial charge in [0.15, 0.2) is 0 Å². The van der Waals surface area contributed by atoms with E-state index in [9.17, 15) is 4.79 Å². The number of carbonyl (C=O) groups is 1. The third kappa shape index (κ3) is 3.19. The molecule has 17 heavy (non-hydrogen) atoms. The Morgan fingerprint density at radius 3 is 2.82 bits per heavy atom. The Bertz CT molecular complexity index is 416. The van der Waals surface area contributed by atoms with Crippen molar-refractivity contribution >= 4 is 27.7 Å². The molecule has 0 radical (unpaired) electrons. The van der Waals surface area contributed by atoms with Crippen LogP contribution in [-0.4, -0.2) is 35.4 Å². The summed E-state index contributed by atoms with van der Waals surface area (Å²) in [6.45, 7) is 4.05. The van der Waals surface area contributed by atoms with Crippen LogP contribution in [0, 0.1) is 6.92 Å². The number of aromatic nitrogens is 1. The van der Waals surface area contributed by atoms with E-state index < -0.39 is 0 Å². The fourth-order valence-electron chi connectivity index (χ4n) is 1.89. The van der Waals surface area contributed by atoms with E-state index in [0.717, 1.165) is 41.9 Å². The van der Waals surface area contributed by atoms with Crippen LogP contribution in [0.2, 0.25) is 0 Å². The van der Waals surface area contributed by atoms with E-state index in [1.54, 1.807) is 0 Å². The molecule has 0 unspecified atom stereocenters. The minimum Gasteiger partial charge on any atom is -0.361 e. The zero-order chi connectivity index (χ0) is 12.3. The van der Waals surface area contributed by atoms with Gasteiger partial charge in [-0.05, 0) is 47.8 Å². The molecule has 5 heteroatoms. The molecule has 0 aliphatic carbocycles. The SMILES string of the molecule is Cc1nc(NCC(=O)N2CCCC2)ccc1Br. The topological polar surface area (TPSA) is 45.2 Å². The van der Waals surface area contributed by atoms with Gasteiger partial charge in [0.05, 0.1) is 12.2 Å². The molecule has 0 bridgehead atoms. The first kappa shape index (κ1) is 12.4. The second-order valence-electron chi connectivity index (χ2n) is 4.21. The van der Waals surface area contributed by atoms with Crippen LogP contribution >= 0.6 is 15.9 Å². The molecule has 92 valence electrons. The maximum Gasteiger partial charge on any atom is 0.241 e. The molecule has 1 aliphatic rings. The number of nitrogens with zero attached hydrogens (tertiary/aromatic N) is 2.